The summed E-state index contributed by atoms with van der Waals surface area (Å²) in [7, 11) is -3.92. The fourth-order valence-electron chi connectivity index (χ4n) is 3.39. The predicted octanol–water partition coefficient (Wildman–Crippen LogP) is 4.59. The van der Waals surface area contributed by atoms with E-state index in [1.807, 2.05) is 37.3 Å². The zero-order valence-corrected chi connectivity index (χ0v) is 19.7. The van der Waals surface area contributed by atoms with Gasteiger partial charge in [-0.05, 0) is 49.2 Å². The molecule has 0 fully saturated rings. The van der Waals surface area contributed by atoms with Crippen LogP contribution in [-0.2, 0) is 26.2 Å². The SMILES string of the molecule is CCOC(=O)CC(CNCc1ccccc1)c1ccc(OS(=O)(=O)c2ccc(C)cc2)cc1. The van der Waals surface area contributed by atoms with Crippen LogP contribution in [0.25, 0.3) is 0 Å². The maximum Gasteiger partial charge on any atom is 0.339 e. The summed E-state index contributed by atoms with van der Waals surface area (Å²) in [5.41, 5.74) is 3.01. The highest BCUT2D eigenvalue weighted by atomic mass is 32.2. The van der Waals surface area contributed by atoms with Gasteiger partial charge in [-0.15, -0.1) is 0 Å². The van der Waals surface area contributed by atoms with Gasteiger partial charge in [0.1, 0.15) is 10.6 Å². The van der Waals surface area contributed by atoms with E-state index in [0.29, 0.717) is 19.7 Å². The molecule has 0 radical (unpaired) electrons. The minimum atomic E-state index is -3.92. The molecule has 3 aromatic rings. The van der Waals surface area contributed by atoms with Crippen molar-refractivity contribution in [2.45, 2.75) is 37.6 Å². The molecule has 1 atom stereocenters. The number of hydrogen-bond donors (Lipinski definition) is 1. The Balaban J connectivity index is 1.69. The van der Waals surface area contributed by atoms with Crippen LogP contribution < -0.4 is 9.50 Å². The van der Waals surface area contributed by atoms with Crippen molar-refractivity contribution >= 4 is 16.1 Å². The summed E-state index contributed by atoms with van der Waals surface area (Å²) in [6.07, 6.45) is 0.220. The van der Waals surface area contributed by atoms with Crippen molar-refractivity contribution in [3.63, 3.8) is 0 Å². The molecular formula is C26H29NO5S. The number of esters is 1. The fourth-order valence-corrected chi connectivity index (χ4v) is 4.32. The zero-order valence-electron chi connectivity index (χ0n) is 18.9. The molecule has 0 bridgehead atoms. The van der Waals surface area contributed by atoms with Gasteiger partial charge in [0.05, 0.1) is 13.0 Å². The number of hydrogen-bond acceptors (Lipinski definition) is 6. The summed E-state index contributed by atoms with van der Waals surface area (Å²) in [5, 5.41) is 3.39. The Hall–Kier alpha value is -3.16. The van der Waals surface area contributed by atoms with Gasteiger partial charge in [0, 0.05) is 19.0 Å². The average molecular weight is 468 g/mol. The summed E-state index contributed by atoms with van der Waals surface area (Å²) >= 11 is 0. The first-order valence-corrected chi connectivity index (χ1v) is 12.3. The molecule has 1 unspecified atom stereocenters. The first kappa shape index (κ1) is 24.5. The molecule has 0 aliphatic heterocycles. The molecule has 0 saturated carbocycles. The number of benzene rings is 3. The first-order valence-electron chi connectivity index (χ1n) is 10.9. The van der Waals surface area contributed by atoms with E-state index in [1.54, 1.807) is 43.3 Å². The molecule has 0 amide bonds. The highest BCUT2D eigenvalue weighted by Gasteiger charge is 2.19. The van der Waals surface area contributed by atoms with Crippen LogP contribution in [0, 0.1) is 6.92 Å². The molecule has 0 aliphatic carbocycles. The molecule has 3 aromatic carbocycles. The molecule has 7 heteroatoms. The smallest absolute Gasteiger partial charge is 0.339 e. The average Bonchev–Trinajstić information content (AvgIpc) is 2.80. The van der Waals surface area contributed by atoms with Crippen LogP contribution in [0.3, 0.4) is 0 Å². The van der Waals surface area contributed by atoms with E-state index in [-0.39, 0.29) is 29.0 Å². The third-order valence-electron chi connectivity index (χ3n) is 5.15. The molecular weight excluding hydrogens is 438 g/mol. The lowest BCUT2D eigenvalue weighted by atomic mass is 9.95. The Morgan fingerprint density at radius 1 is 0.939 bits per heavy atom. The molecule has 0 saturated heterocycles. The topological polar surface area (TPSA) is 81.7 Å². The van der Waals surface area contributed by atoms with E-state index in [0.717, 1.165) is 16.7 Å². The summed E-state index contributed by atoms with van der Waals surface area (Å²) < 4.78 is 35.5. The third-order valence-corrected chi connectivity index (χ3v) is 6.41. The summed E-state index contributed by atoms with van der Waals surface area (Å²) in [6, 6.07) is 23.3. The van der Waals surface area contributed by atoms with Crippen LogP contribution in [0.1, 0.15) is 36.0 Å². The van der Waals surface area contributed by atoms with E-state index >= 15 is 0 Å². The molecule has 0 aromatic heterocycles. The Labute approximate surface area is 195 Å². The molecule has 0 spiro atoms. The molecule has 174 valence electrons. The third kappa shape index (κ3) is 7.44. The normalized spacial score (nSPS) is 12.2. The Morgan fingerprint density at radius 2 is 1.61 bits per heavy atom. The standard InChI is InChI=1S/C26H29NO5S/c1-3-31-26(28)17-23(19-27-18-21-7-5-4-6-8-21)22-11-13-24(14-12-22)32-33(29,30)25-15-9-20(2)10-16-25/h4-16,23,27H,3,17-19H2,1-2H3. The zero-order chi connectivity index (χ0) is 23.7. The number of ether oxygens (including phenoxy) is 1. The summed E-state index contributed by atoms with van der Waals surface area (Å²) in [5.74, 6) is -0.187. The molecule has 0 aliphatic rings. The molecule has 6 nitrogen and oxygen atoms in total. The molecule has 0 heterocycles. The van der Waals surface area contributed by atoms with Crippen LogP contribution in [0.5, 0.6) is 5.75 Å². The van der Waals surface area contributed by atoms with Gasteiger partial charge >= 0.3 is 16.1 Å². The second-order valence-corrected chi connectivity index (χ2v) is 9.29. The number of rotatable bonds is 11. The second kappa shape index (κ2) is 11.6. The maximum absolute atomic E-state index is 12.5. The van der Waals surface area contributed by atoms with Crippen molar-refractivity contribution < 1.29 is 22.1 Å². The number of carbonyl (C=O) groups excluding carboxylic acids is 1. The number of nitrogens with one attached hydrogen (secondary N) is 1. The van der Waals surface area contributed by atoms with Crippen molar-refractivity contribution in [2.75, 3.05) is 13.2 Å². The van der Waals surface area contributed by atoms with Crippen LogP contribution in [-0.4, -0.2) is 27.5 Å². The lowest BCUT2D eigenvalue weighted by molar-refractivity contribution is -0.143. The summed E-state index contributed by atoms with van der Waals surface area (Å²) in [4.78, 5) is 12.2. The van der Waals surface area contributed by atoms with Gasteiger partial charge < -0.3 is 14.2 Å². The molecule has 1 N–H and O–H groups in total. The van der Waals surface area contributed by atoms with Crippen LogP contribution >= 0.6 is 0 Å². The maximum atomic E-state index is 12.5. The molecule has 3 rings (SSSR count). The highest BCUT2D eigenvalue weighted by Crippen LogP contribution is 2.25. The lowest BCUT2D eigenvalue weighted by Crippen LogP contribution is -2.24. The Morgan fingerprint density at radius 3 is 2.24 bits per heavy atom. The van der Waals surface area contributed by atoms with Crippen LogP contribution in [0.15, 0.2) is 83.8 Å². The van der Waals surface area contributed by atoms with E-state index in [9.17, 15) is 13.2 Å². The lowest BCUT2D eigenvalue weighted by Gasteiger charge is -2.18. The van der Waals surface area contributed by atoms with Gasteiger partial charge in [-0.25, -0.2) is 0 Å². The highest BCUT2D eigenvalue weighted by molar-refractivity contribution is 7.87. The Bertz CT molecular complexity index is 1130. The van der Waals surface area contributed by atoms with E-state index in [2.05, 4.69) is 5.32 Å². The summed E-state index contributed by atoms with van der Waals surface area (Å²) in [6.45, 7) is 5.23. The van der Waals surface area contributed by atoms with Crippen molar-refractivity contribution in [1.82, 2.24) is 5.32 Å². The quantitative estimate of drug-likeness (QED) is 0.328. The number of aryl methyl sites for hydroxylation is 1. The van der Waals surface area contributed by atoms with E-state index in [1.165, 1.54) is 12.1 Å². The molecule has 33 heavy (non-hydrogen) atoms. The van der Waals surface area contributed by atoms with Crippen molar-refractivity contribution in [1.29, 1.82) is 0 Å². The van der Waals surface area contributed by atoms with Gasteiger partial charge in [0.25, 0.3) is 0 Å². The Kier molecular flexibility index (Phi) is 8.63. The van der Waals surface area contributed by atoms with Crippen LogP contribution in [0.4, 0.5) is 0 Å². The van der Waals surface area contributed by atoms with E-state index in [4.69, 9.17) is 8.92 Å². The van der Waals surface area contributed by atoms with E-state index < -0.39 is 10.1 Å². The second-order valence-electron chi connectivity index (χ2n) is 7.74. The minimum absolute atomic E-state index is 0.0995. The van der Waals surface area contributed by atoms with Gasteiger partial charge in [-0.2, -0.15) is 8.42 Å². The minimum Gasteiger partial charge on any atom is -0.466 e. The van der Waals surface area contributed by atoms with Gasteiger partial charge in [-0.1, -0.05) is 60.2 Å². The fraction of sp³-hybridized carbons (Fsp3) is 0.269. The largest absolute Gasteiger partial charge is 0.466 e. The van der Waals surface area contributed by atoms with Gasteiger partial charge in [-0.3, -0.25) is 4.79 Å². The first-order chi connectivity index (χ1) is 15.9. The van der Waals surface area contributed by atoms with Gasteiger partial charge in [0.2, 0.25) is 0 Å². The number of carbonyl (C=O) groups is 1. The van der Waals surface area contributed by atoms with Crippen molar-refractivity contribution in [3.05, 3.63) is 95.6 Å². The van der Waals surface area contributed by atoms with Gasteiger partial charge in [0.15, 0.2) is 0 Å². The van der Waals surface area contributed by atoms with Crippen LogP contribution in [0.2, 0.25) is 0 Å². The van der Waals surface area contributed by atoms with Crippen molar-refractivity contribution in [2.24, 2.45) is 0 Å². The predicted molar refractivity (Wildman–Crippen MR) is 128 cm³/mol. The monoisotopic (exact) mass is 467 g/mol. The van der Waals surface area contributed by atoms with Crippen molar-refractivity contribution in [3.8, 4) is 5.75 Å².